The largest absolute Gasteiger partial charge is 0.444 e. The van der Waals surface area contributed by atoms with Gasteiger partial charge in [-0.2, -0.15) is 0 Å². The Labute approximate surface area is 142 Å². The van der Waals surface area contributed by atoms with Crippen LogP contribution >= 0.6 is 0 Å². The number of aryl methyl sites for hydroxylation is 1. The van der Waals surface area contributed by atoms with Gasteiger partial charge in [0.05, 0.1) is 6.04 Å². The van der Waals surface area contributed by atoms with Crippen LogP contribution in [-0.4, -0.2) is 33.7 Å². The summed E-state index contributed by atoms with van der Waals surface area (Å²) in [7, 11) is 0. The van der Waals surface area contributed by atoms with E-state index in [1.54, 1.807) is 6.07 Å². The van der Waals surface area contributed by atoms with E-state index in [2.05, 4.69) is 4.98 Å². The number of rotatable bonds is 1. The molecule has 2 bridgehead atoms. The van der Waals surface area contributed by atoms with Crippen LogP contribution in [0.15, 0.2) is 18.2 Å². The van der Waals surface area contributed by atoms with Crippen molar-refractivity contribution in [2.75, 3.05) is 0 Å². The second-order valence-corrected chi connectivity index (χ2v) is 7.72. The summed E-state index contributed by atoms with van der Waals surface area (Å²) in [5.74, 6) is -0.296. The minimum absolute atomic E-state index is 0.0379. The molecule has 0 spiro atoms. The molecule has 4 nitrogen and oxygen atoms in total. The minimum atomic E-state index is -0.514. The number of aromatic nitrogens is 1. The summed E-state index contributed by atoms with van der Waals surface area (Å²) in [6.07, 6.45) is 5.23. The van der Waals surface area contributed by atoms with Crippen LogP contribution in [-0.2, 0) is 4.74 Å². The minimum Gasteiger partial charge on any atom is -0.444 e. The second-order valence-electron chi connectivity index (χ2n) is 7.72. The van der Waals surface area contributed by atoms with E-state index >= 15 is 0 Å². The lowest BCUT2D eigenvalue weighted by Crippen LogP contribution is -2.53. The number of fused-ring (bicyclic) bond motifs is 2. The quantitative estimate of drug-likeness (QED) is 0.762. The summed E-state index contributed by atoms with van der Waals surface area (Å²) >= 11 is 0. The molecule has 0 N–H and O–H groups in total. The summed E-state index contributed by atoms with van der Waals surface area (Å²) in [5, 5.41) is 0. The Bertz CT molecular complexity index is 678. The highest BCUT2D eigenvalue weighted by Gasteiger charge is 2.39. The summed E-state index contributed by atoms with van der Waals surface area (Å²) in [4.78, 5) is 18.8. The molecule has 1 fully saturated rings. The molecule has 2 atom stereocenters. The third-order valence-electron chi connectivity index (χ3n) is 4.53. The molecule has 0 radical (unpaired) electrons. The van der Waals surface area contributed by atoms with Crippen molar-refractivity contribution in [3.05, 3.63) is 35.4 Å². The van der Waals surface area contributed by atoms with Crippen molar-refractivity contribution in [1.29, 1.82) is 0 Å². The van der Waals surface area contributed by atoms with Crippen LogP contribution in [0.2, 0.25) is 0 Å². The van der Waals surface area contributed by atoms with Crippen molar-refractivity contribution in [3.63, 3.8) is 0 Å². The lowest BCUT2D eigenvalue weighted by molar-refractivity contribution is 0.0000567. The number of hydrogen-bond donors (Lipinski definition) is 0. The van der Waals surface area contributed by atoms with Crippen molar-refractivity contribution in [2.24, 2.45) is 0 Å². The molecule has 1 aromatic rings. The molecule has 2 unspecified atom stereocenters. The molecule has 2 aliphatic rings. The van der Waals surface area contributed by atoms with Gasteiger partial charge >= 0.3 is 6.09 Å². The molecule has 0 aliphatic carbocycles. The number of piperidine rings is 1. The van der Waals surface area contributed by atoms with Gasteiger partial charge in [-0.3, -0.25) is 9.88 Å². The molecular formula is C19H25FN2O2. The van der Waals surface area contributed by atoms with Crippen LogP contribution in [0.1, 0.15) is 57.8 Å². The number of carbonyl (C=O) groups excluding carboxylic acids is 1. The highest BCUT2D eigenvalue weighted by Crippen LogP contribution is 2.38. The van der Waals surface area contributed by atoms with Crippen LogP contribution in [0, 0.1) is 12.7 Å². The zero-order valence-corrected chi connectivity index (χ0v) is 14.8. The van der Waals surface area contributed by atoms with E-state index in [0.29, 0.717) is 12.1 Å². The summed E-state index contributed by atoms with van der Waals surface area (Å²) in [6, 6.07) is 3.16. The number of pyridine rings is 1. The van der Waals surface area contributed by atoms with E-state index in [0.717, 1.165) is 30.5 Å². The van der Waals surface area contributed by atoms with Gasteiger partial charge in [-0.25, -0.2) is 9.18 Å². The number of ether oxygens (including phenoxy) is 1. The second kappa shape index (κ2) is 6.19. The van der Waals surface area contributed by atoms with E-state index in [9.17, 15) is 9.18 Å². The van der Waals surface area contributed by atoms with Gasteiger partial charge in [-0.15, -0.1) is 0 Å². The SMILES string of the molecule is Cc1ccc(F)c(C2=CC3CCCC(C2)N3C(=O)OC(C)(C)C)n1. The predicted molar refractivity (Wildman–Crippen MR) is 91.0 cm³/mol. The summed E-state index contributed by atoms with van der Waals surface area (Å²) < 4.78 is 19.8. The van der Waals surface area contributed by atoms with Gasteiger partial charge in [0.2, 0.25) is 0 Å². The number of halogens is 1. The fourth-order valence-electron chi connectivity index (χ4n) is 3.57. The van der Waals surface area contributed by atoms with Gasteiger partial charge in [-0.05, 0) is 71.1 Å². The first-order valence-electron chi connectivity index (χ1n) is 8.60. The molecule has 130 valence electrons. The third kappa shape index (κ3) is 3.45. The van der Waals surface area contributed by atoms with Gasteiger partial charge in [0.15, 0.2) is 0 Å². The Morgan fingerprint density at radius 1 is 1.33 bits per heavy atom. The average molecular weight is 332 g/mol. The van der Waals surface area contributed by atoms with Crippen molar-refractivity contribution in [3.8, 4) is 0 Å². The highest BCUT2D eigenvalue weighted by molar-refractivity contribution is 5.74. The summed E-state index contributed by atoms with van der Waals surface area (Å²) in [5.41, 5.74) is 1.62. The Kier molecular flexibility index (Phi) is 4.37. The topological polar surface area (TPSA) is 42.4 Å². The first-order chi connectivity index (χ1) is 11.2. The van der Waals surface area contributed by atoms with Crippen molar-refractivity contribution < 1.29 is 13.9 Å². The monoisotopic (exact) mass is 332 g/mol. The summed E-state index contributed by atoms with van der Waals surface area (Å²) in [6.45, 7) is 7.48. The van der Waals surface area contributed by atoms with Gasteiger partial charge in [0.1, 0.15) is 17.1 Å². The first kappa shape index (κ1) is 16.9. The molecule has 1 saturated heterocycles. The Morgan fingerprint density at radius 2 is 2.08 bits per heavy atom. The standard InChI is InChI=1S/C19H25FN2O2/c1-12-8-9-16(20)17(21-12)13-10-14-6-5-7-15(11-13)22(14)18(23)24-19(2,3)4/h8-10,14-15H,5-7,11H2,1-4H3. The smallest absolute Gasteiger partial charge is 0.411 e. The third-order valence-corrected chi connectivity index (χ3v) is 4.53. The zero-order chi connectivity index (χ0) is 17.5. The maximum absolute atomic E-state index is 14.2. The fourth-order valence-corrected chi connectivity index (χ4v) is 3.57. The zero-order valence-electron chi connectivity index (χ0n) is 14.8. The number of hydrogen-bond acceptors (Lipinski definition) is 3. The molecule has 24 heavy (non-hydrogen) atoms. The van der Waals surface area contributed by atoms with E-state index < -0.39 is 5.60 Å². The van der Waals surface area contributed by atoms with E-state index in [4.69, 9.17) is 4.74 Å². The van der Waals surface area contributed by atoms with Crippen LogP contribution in [0.5, 0.6) is 0 Å². The molecule has 5 heteroatoms. The van der Waals surface area contributed by atoms with Crippen LogP contribution in [0.4, 0.5) is 9.18 Å². The van der Waals surface area contributed by atoms with Crippen molar-refractivity contribution >= 4 is 11.7 Å². The highest BCUT2D eigenvalue weighted by atomic mass is 19.1. The first-order valence-corrected chi connectivity index (χ1v) is 8.60. The number of nitrogens with zero attached hydrogens (tertiary/aromatic N) is 2. The lowest BCUT2D eigenvalue weighted by atomic mass is 9.84. The van der Waals surface area contributed by atoms with E-state index in [1.807, 2.05) is 38.7 Å². The van der Waals surface area contributed by atoms with Gasteiger partial charge in [0.25, 0.3) is 0 Å². The van der Waals surface area contributed by atoms with Gasteiger partial charge < -0.3 is 4.74 Å². The van der Waals surface area contributed by atoms with E-state index in [-0.39, 0.29) is 24.0 Å². The Balaban J connectivity index is 1.90. The fraction of sp³-hybridized carbons (Fsp3) is 0.579. The molecule has 0 aromatic carbocycles. The molecule has 2 aliphatic heterocycles. The molecule has 0 saturated carbocycles. The predicted octanol–water partition coefficient (Wildman–Crippen LogP) is 4.47. The van der Waals surface area contributed by atoms with Gasteiger partial charge in [-0.1, -0.05) is 6.08 Å². The Morgan fingerprint density at radius 3 is 2.75 bits per heavy atom. The molecule has 3 rings (SSSR count). The lowest BCUT2D eigenvalue weighted by Gasteiger charge is -2.45. The number of carbonyl (C=O) groups is 1. The van der Waals surface area contributed by atoms with Crippen molar-refractivity contribution in [2.45, 2.75) is 71.1 Å². The average Bonchev–Trinajstić information content (AvgIpc) is 2.46. The molecular weight excluding hydrogens is 307 g/mol. The van der Waals surface area contributed by atoms with Crippen molar-refractivity contribution in [1.82, 2.24) is 9.88 Å². The molecule has 1 amide bonds. The number of amides is 1. The van der Waals surface area contributed by atoms with Crippen LogP contribution in [0.3, 0.4) is 0 Å². The Hall–Kier alpha value is -1.91. The van der Waals surface area contributed by atoms with Crippen LogP contribution in [0.25, 0.3) is 5.57 Å². The maximum Gasteiger partial charge on any atom is 0.411 e. The van der Waals surface area contributed by atoms with Gasteiger partial charge in [0, 0.05) is 11.7 Å². The molecule has 1 aromatic heterocycles. The normalized spacial score (nSPS) is 23.7. The molecule has 3 heterocycles. The van der Waals surface area contributed by atoms with E-state index in [1.165, 1.54) is 6.07 Å². The maximum atomic E-state index is 14.2. The van der Waals surface area contributed by atoms with Crippen LogP contribution < -0.4 is 0 Å².